The molecule has 5 heterocycles. The van der Waals surface area contributed by atoms with E-state index in [0.29, 0.717) is 25.2 Å². The number of imide groups is 1. The first-order chi connectivity index (χ1) is 24.8. The number of benzene rings is 2. The number of hydrogen-bond donors (Lipinski definition) is 3. The third kappa shape index (κ3) is 7.54. The highest BCUT2D eigenvalue weighted by atomic mass is 32.2. The van der Waals surface area contributed by atoms with Crippen molar-refractivity contribution in [3.8, 4) is 0 Å². The molecule has 4 aromatic rings. The van der Waals surface area contributed by atoms with Crippen LogP contribution in [-0.4, -0.2) is 89.2 Å². The minimum absolute atomic E-state index is 0.0759. The Hall–Kier alpha value is -4.81. The van der Waals surface area contributed by atoms with Crippen molar-refractivity contribution in [2.45, 2.75) is 61.8 Å². The maximum atomic E-state index is 13.5. The number of aryl methyl sites for hydroxylation is 1. The number of anilines is 3. The summed E-state index contributed by atoms with van der Waals surface area (Å²) in [4.78, 5) is 35.6. The smallest absolute Gasteiger partial charge is 0.371 e. The van der Waals surface area contributed by atoms with E-state index in [0.717, 1.165) is 60.5 Å². The van der Waals surface area contributed by atoms with Crippen LogP contribution in [0, 0.1) is 0 Å². The lowest BCUT2D eigenvalue weighted by Crippen LogP contribution is -2.49. The van der Waals surface area contributed by atoms with Crippen LogP contribution in [-0.2, 0) is 34.6 Å². The largest absolute Gasteiger partial charge is 0.419 e. The molecule has 0 spiro atoms. The Kier molecular flexibility index (Phi) is 9.79. The number of rotatable bonds is 9. The van der Waals surface area contributed by atoms with Crippen LogP contribution < -0.4 is 25.8 Å². The Morgan fingerprint density at radius 3 is 2.33 bits per heavy atom. The molecule has 3 N–H and O–H groups in total. The molecule has 0 bridgehead atoms. The summed E-state index contributed by atoms with van der Waals surface area (Å²) in [5.41, 5.74) is 1.88. The van der Waals surface area contributed by atoms with Gasteiger partial charge in [0, 0.05) is 88.3 Å². The summed E-state index contributed by atoms with van der Waals surface area (Å²) in [6.45, 7) is 2.98. The first kappa shape index (κ1) is 35.6. The van der Waals surface area contributed by atoms with E-state index in [9.17, 15) is 31.2 Å². The number of carbonyl (C=O) groups is 2. The fourth-order valence-corrected chi connectivity index (χ4v) is 8.47. The van der Waals surface area contributed by atoms with Gasteiger partial charge in [-0.15, -0.1) is 0 Å². The van der Waals surface area contributed by atoms with Crippen molar-refractivity contribution < 1.29 is 31.2 Å². The van der Waals surface area contributed by atoms with Crippen LogP contribution in [0.2, 0.25) is 0 Å². The van der Waals surface area contributed by atoms with Crippen molar-refractivity contribution in [1.29, 1.82) is 0 Å². The van der Waals surface area contributed by atoms with E-state index in [4.69, 9.17) is 0 Å². The second-order valence-electron chi connectivity index (χ2n) is 13.3. The first-order valence-corrected chi connectivity index (χ1v) is 18.6. The normalized spacial score (nSPS) is 18.6. The van der Waals surface area contributed by atoms with E-state index in [1.165, 1.54) is 9.21 Å². The number of nitrogens with zero attached hydrogens (tertiary/aromatic N) is 7. The molecule has 3 fully saturated rings. The zero-order valence-electron chi connectivity index (χ0n) is 28.4. The van der Waals surface area contributed by atoms with Gasteiger partial charge in [0.05, 0.1) is 16.0 Å². The first-order valence-electron chi connectivity index (χ1n) is 17.2. The quantitative estimate of drug-likeness (QED) is 0.230. The molecule has 276 valence electrons. The Balaban J connectivity index is 0.901. The molecule has 3 saturated heterocycles. The Labute approximate surface area is 298 Å². The van der Waals surface area contributed by atoms with E-state index in [1.807, 2.05) is 25.2 Å². The van der Waals surface area contributed by atoms with E-state index >= 15 is 0 Å². The van der Waals surface area contributed by atoms with Crippen LogP contribution in [0.25, 0.3) is 10.9 Å². The summed E-state index contributed by atoms with van der Waals surface area (Å²) in [5, 5.41) is 14.4. The van der Waals surface area contributed by atoms with Gasteiger partial charge >= 0.3 is 12.2 Å². The molecular formula is C34H39F3N10O4S. The number of halogens is 3. The summed E-state index contributed by atoms with van der Waals surface area (Å²) >= 11 is 0. The number of fused-ring (bicyclic) bond motifs is 1. The molecule has 0 unspecified atom stereocenters. The molecule has 3 aliphatic rings. The third-order valence-electron chi connectivity index (χ3n) is 9.88. The van der Waals surface area contributed by atoms with Gasteiger partial charge in [0.2, 0.25) is 21.9 Å². The molecule has 2 aromatic heterocycles. The lowest BCUT2D eigenvalue weighted by molar-refractivity contribution is -0.138. The Bertz CT molecular complexity index is 2060. The number of alkyl halides is 3. The van der Waals surface area contributed by atoms with E-state index in [-0.39, 0.29) is 54.9 Å². The lowest BCUT2D eigenvalue weighted by atomic mass is 10.0. The monoisotopic (exact) mass is 740 g/mol. The van der Waals surface area contributed by atoms with Gasteiger partial charge in [-0.2, -0.15) is 22.6 Å². The standard InChI is InChI=1S/C34H39F3N10O4S/c1-44-29-18-26(5-6-28(29)31(43-44)47-16-11-30(48)42-33(47)49)45-12-7-24(8-13-45)38-19-22-3-2-4-27(17-22)52(50,51)46-14-9-25(10-15-46)41-32-39-20-23(21-40-32)34(35,36)37/h2-6,17-18,20-21,24-25,38H,7-16,19H2,1H3,(H,39,40,41)(H,42,48,49). The molecule has 3 amide bonds. The second kappa shape index (κ2) is 14.3. The van der Waals surface area contributed by atoms with E-state index in [2.05, 4.69) is 42.0 Å². The molecule has 18 heteroatoms. The Morgan fingerprint density at radius 1 is 0.923 bits per heavy atom. The highest BCUT2D eigenvalue weighted by Gasteiger charge is 2.33. The fourth-order valence-electron chi connectivity index (χ4n) is 6.93. The number of sulfonamides is 1. The van der Waals surface area contributed by atoms with Gasteiger partial charge < -0.3 is 15.5 Å². The van der Waals surface area contributed by atoms with Crippen molar-refractivity contribution in [2.75, 3.05) is 47.8 Å². The third-order valence-corrected chi connectivity index (χ3v) is 11.8. The maximum Gasteiger partial charge on any atom is 0.419 e. The molecule has 0 radical (unpaired) electrons. The fraction of sp³-hybridized carbons (Fsp3) is 0.441. The summed E-state index contributed by atoms with van der Waals surface area (Å²) < 4.78 is 68.7. The Morgan fingerprint density at radius 2 is 1.63 bits per heavy atom. The topological polar surface area (TPSA) is 158 Å². The molecule has 0 atom stereocenters. The molecule has 7 rings (SSSR count). The van der Waals surface area contributed by atoms with Gasteiger partial charge in [-0.3, -0.25) is 19.7 Å². The predicted molar refractivity (Wildman–Crippen MR) is 187 cm³/mol. The minimum atomic E-state index is -4.52. The highest BCUT2D eigenvalue weighted by Crippen LogP contribution is 2.32. The van der Waals surface area contributed by atoms with Gasteiger partial charge in [-0.25, -0.2) is 23.2 Å². The number of aromatic nitrogens is 4. The minimum Gasteiger partial charge on any atom is -0.371 e. The van der Waals surface area contributed by atoms with Gasteiger partial charge in [0.25, 0.3) is 0 Å². The highest BCUT2D eigenvalue weighted by molar-refractivity contribution is 7.89. The lowest BCUT2D eigenvalue weighted by Gasteiger charge is -2.34. The average molecular weight is 741 g/mol. The van der Waals surface area contributed by atoms with Crippen molar-refractivity contribution in [3.63, 3.8) is 0 Å². The van der Waals surface area contributed by atoms with Gasteiger partial charge in [0.1, 0.15) is 0 Å². The van der Waals surface area contributed by atoms with Crippen molar-refractivity contribution in [1.82, 2.24) is 34.7 Å². The van der Waals surface area contributed by atoms with Gasteiger partial charge in [0.15, 0.2) is 5.82 Å². The molecular weight excluding hydrogens is 702 g/mol. The van der Waals surface area contributed by atoms with Crippen LogP contribution in [0.3, 0.4) is 0 Å². The number of hydrogen-bond acceptors (Lipinski definition) is 10. The maximum absolute atomic E-state index is 13.5. The molecule has 52 heavy (non-hydrogen) atoms. The van der Waals surface area contributed by atoms with Crippen LogP contribution >= 0.6 is 0 Å². The second-order valence-corrected chi connectivity index (χ2v) is 15.2. The van der Waals surface area contributed by atoms with Crippen molar-refractivity contribution in [3.05, 3.63) is 66.0 Å². The van der Waals surface area contributed by atoms with Crippen LogP contribution in [0.1, 0.15) is 43.2 Å². The van der Waals surface area contributed by atoms with Crippen LogP contribution in [0.4, 0.5) is 35.4 Å². The van der Waals surface area contributed by atoms with E-state index < -0.39 is 27.8 Å². The van der Waals surface area contributed by atoms with Gasteiger partial charge in [-0.1, -0.05) is 12.1 Å². The zero-order chi connectivity index (χ0) is 36.6. The number of piperidine rings is 2. The predicted octanol–water partition coefficient (Wildman–Crippen LogP) is 3.85. The average Bonchev–Trinajstić information content (AvgIpc) is 3.46. The summed E-state index contributed by atoms with van der Waals surface area (Å²) in [6.07, 6.45) is -0.118. The van der Waals surface area contributed by atoms with Crippen molar-refractivity contribution >= 4 is 50.3 Å². The number of amides is 3. The number of urea groups is 1. The zero-order valence-corrected chi connectivity index (χ0v) is 29.3. The summed E-state index contributed by atoms with van der Waals surface area (Å²) in [5.74, 6) is 0.315. The van der Waals surface area contributed by atoms with Crippen LogP contribution in [0.15, 0.2) is 59.8 Å². The SMILES string of the molecule is Cn1nc(N2CCC(=O)NC2=O)c2ccc(N3CCC(NCc4cccc(S(=O)(=O)N5CCC(Nc6ncc(C(F)(F)F)cn6)CC5)c4)CC3)cc21. The number of nitrogens with one attached hydrogen (secondary N) is 3. The van der Waals surface area contributed by atoms with Crippen molar-refractivity contribution in [2.24, 2.45) is 7.05 Å². The van der Waals surface area contributed by atoms with Gasteiger partial charge in [-0.05, 0) is 61.6 Å². The summed E-state index contributed by atoms with van der Waals surface area (Å²) in [6, 6.07) is 12.7. The molecule has 0 aliphatic carbocycles. The number of carbonyl (C=O) groups excluding carboxylic acids is 2. The molecule has 14 nitrogen and oxygen atoms in total. The van der Waals surface area contributed by atoms with Crippen LogP contribution in [0.5, 0.6) is 0 Å². The molecule has 3 aliphatic heterocycles. The summed E-state index contributed by atoms with van der Waals surface area (Å²) in [7, 11) is -1.90. The molecule has 0 saturated carbocycles. The molecule has 2 aromatic carbocycles. The van der Waals surface area contributed by atoms with E-state index in [1.54, 1.807) is 22.9 Å².